The maximum atomic E-state index is 12.4. The van der Waals surface area contributed by atoms with E-state index < -0.39 is 17.9 Å². The van der Waals surface area contributed by atoms with Gasteiger partial charge >= 0.3 is 0 Å². The van der Waals surface area contributed by atoms with Gasteiger partial charge in [0.05, 0.1) is 5.56 Å². The molecule has 3 nitrogen and oxygen atoms in total. The predicted molar refractivity (Wildman–Crippen MR) is 50.1 cm³/mol. The van der Waals surface area contributed by atoms with Crippen LogP contribution in [0.1, 0.15) is 27.9 Å². The molecule has 0 saturated carbocycles. The van der Waals surface area contributed by atoms with Crippen molar-refractivity contribution in [1.82, 2.24) is 4.98 Å². The number of halogens is 3. The average molecular weight is 265 g/mol. The smallest absolute Gasteiger partial charge is 0.266 e. The highest BCUT2D eigenvalue weighted by Gasteiger charge is 2.20. The van der Waals surface area contributed by atoms with Crippen LogP contribution in [-0.4, -0.2) is 10.9 Å². The molecule has 6 heteroatoms. The van der Waals surface area contributed by atoms with Gasteiger partial charge in [-0.3, -0.25) is 4.79 Å². The van der Waals surface area contributed by atoms with Crippen LogP contribution in [0.4, 0.5) is 8.78 Å². The molecule has 0 fully saturated rings. The first kappa shape index (κ1) is 11.0. The molecule has 1 aromatic rings. The van der Waals surface area contributed by atoms with Crippen LogP contribution in [0, 0.1) is 6.92 Å². The zero-order valence-electron chi connectivity index (χ0n) is 7.22. The Hall–Kier alpha value is -1.04. The van der Waals surface area contributed by atoms with Crippen LogP contribution in [0.15, 0.2) is 10.8 Å². The molecule has 0 aliphatic heterocycles. The van der Waals surface area contributed by atoms with E-state index in [-0.39, 0.29) is 5.56 Å². The fourth-order valence-corrected chi connectivity index (χ4v) is 1.40. The Balaban J connectivity index is 3.45. The number of nitrogens with zero attached hydrogens (tertiary/aromatic N) is 1. The standard InChI is InChI=1S/C8H7BrF2N2O/c1-3-5(8(12)14)4(7(10)11)2-13-6(3)9/h2,7H,1H3,(H2,12,14). The van der Waals surface area contributed by atoms with Gasteiger partial charge in [0.15, 0.2) is 0 Å². The zero-order chi connectivity index (χ0) is 10.9. The van der Waals surface area contributed by atoms with E-state index in [2.05, 4.69) is 20.9 Å². The minimum absolute atomic E-state index is 0.165. The van der Waals surface area contributed by atoms with Crippen LogP contribution in [0.2, 0.25) is 0 Å². The third-order valence-electron chi connectivity index (χ3n) is 1.77. The molecule has 0 atom stereocenters. The number of pyridine rings is 1. The van der Waals surface area contributed by atoms with E-state index in [9.17, 15) is 13.6 Å². The summed E-state index contributed by atoms with van der Waals surface area (Å²) in [4.78, 5) is 14.6. The lowest BCUT2D eigenvalue weighted by Gasteiger charge is -2.09. The Morgan fingerprint density at radius 2 is 2.21 bits per heavy atom. The summed E-state index contributed by atoms with van der Waals surface area (Å²) in [6.45, 7) is 1.50. The van der Waals surface area contributed by atoms with Crippen molar-refractivity contribution in [1.29, 1.82) is 0 Å². The van der Waals surface area contributed by atoms with Gasteiger partial charge in [0.25, 0.3) is 6.43 Å². The molecule has 0 radical (unpaired) electrons. The van der Waals surface area contributed by atoms with Crippen LogP contribution < -0.4 is 5.73 Å². The Morgan fingerprint density at radius 1 is 1.64 bits per heavy atom. The van der Waals surface area contributed by atoms with Crippen LogP contribution in [0.3, 0.4) is 0 Å². The summed E-state index contributed by atoms with van der Waals surface area (Å²) in [6, 6.07) is 0. The Labute approximate surface area is 87.4 Å². The van der Waals surface area contributed by atoms with E-state index in [1.807, 2.05) is 0 Å². The molecule has 0 aliphatic rings. The average Bonchev–Trinajstić information content (AvgIpc) is 2.08. The number of nitrogens with two attached hydrogens (primary N) is 1. The van der Waals surface area contributed by atoms with Crippen molar-refractivity contribution in [3.63, 3.8) is 0 Å². The van der Waals surface area contributed by atoms with Gasteiger partial charge in [0.1, 0.15) is 4.60 Å². The van der Waals surface area contributed by atoms with Crippen molar-refractivity contribution in [3.05, 3.63) is 27.5 Å². The molecule has 0 saturated heterocycles. The second-order valence-corrected chi connectivity index (χ2v) is 3.42. The second-order valence-electron chi connectivity index (χ2n) is 2.67. The van der Waals surface area contributed by atoms with Gasteiger partial charge in [-0.25, -0.2) is 13.8 Å². The number of carbonyl (C=O) groups excluding carboxylic acids is 1. The molecule has 0 unspecified atom stereocenters. The van der Waals surface area contributed by atoms with Crippen LogP contribution >= 0.6 is 15.9 Å². The first-order valence-corrected chi connectivity index (χ1v) is 4.47. The van der Waals surface area contributed by atoms with E-state index in [1.165, 1.54) is 6.92 Å². The Morgan fingerprint density at radius 3 is 2.64 bits per heavy atom. The number of primary amides is 1. The van der Waals surface area contributed by atoms with Crippen molar-refractivity contribution in [2.75, 3.05) is 0 Å². The van der Waals surface area contributed by atoms with Gasteiger partial charge in [-0.15, -0.1) is 0 Å². The number of amides is 1. The number of alkyl halides is 2. The van der Waals surface area contributed by atoms with Crippen LogP contribution in [-0.2, 0) is 0 Å². The predicted octanol–water partition coefficient (Wildman–Crippen LogP) is 2.19. The summed E-state index contributed by atoms with van der Waals surface area (Å²) in [5, 5.41) is 0. The molecule has 14 heavy (non-hydrogen) atoms. The van der Waals surface area contributed by atoms with Gasteiger partial charge in [-0.1, -0.05) is 0 Å². The topological polar surface area (TPSA) is 56.0 Å². The first-order valence-electron chi connectivity index (χ1n) is 3.68. The van der Waals surface area contributed by atoms with E-state index in [0.29, 0.717) is 10.2 Å². The lowest BCUT2D eigenvalue weighted by molar-refractivity contribution is 0.0985. The maximum Gasteiger partial charge on any atom is 0.266 e. The van der Waals surface area contributed by atoms with Crippen molar-refractivity contribution < 1.29 is 13.6 Å². The van der Waals surface area contributed by atoms with E-state index >= 15 is 0 Å². The number of aromatic nitrogens is 1. The van der Waals surface area contributed by atoms with Crippen molar-refractivity contribution in [3.8, 4) is 0 Å². The lowest BCUT2D eigenvalue weighted by Crippen LogP contribution is -2.16. The summed E-state index contributed by atoms with van der Waals surface area (Å²) >= 11 is 3.03. The molecule has 76 valence electrons. The van der Waals surface area contributed by atoms with Crippen molar-refractivity contribution in [2.24, 2.45) is 5.73 Å². The molecule has 1 rings (SSSR count). The van der Waals surface area contributed by atoms with Crippen LogP contribution in [0.25, 0.3) is 0 Å². The summed E-state index contributed by atoms with van der Waals surface area (Å²) in [5.41, 5.74) is 4.73. The summed E-state index contributed by atoms with van der Waals surface area (Å²) in [6.07, 6.45) is -1.81. The quantitative estimate of drug-likeness (QED) is 0.833. The largest absolute Gasteiger partial charge is 0.366 e. The molecule has 2 N–H and O–H groups in total. The van der Waals surface area contributed by atoms with E-state index in [4.69, 9.17) is 5.73 Å². The minimum atomic E-state index is -2.75. The number of rotatable bonds is 2. The minimum Gasteiger partial charge on any atom is -0.366 e. The highest BCUT2D eigenvalue weighted by atomic mass is 79.9. The van der Waals surface area contributed by atoms with Gasteiger partial charge in [0.2, 0.25) is 5.91 Å². The molecule has 0 aliphatic carbocycles. The van der Waals surface area contributed by atoms with Gasteiger partial charge in [-0.2, -0.15) is 0 Å². The summed E-state index contributed by atoms with van der Waals surface area (Å²) in [5.74, 6) is -0.874. The number of carbonyl (C=O) groups is 1. The third-order valence-corrected chi connectivity index (χ3v) is 2.57. The third kappa shape index (κ3) is 1.89. The zero-order valence-corrected chi connectivity index (χ0v) is 8.81. The van der Waals surface area contributed by atoms with Crippen molar-refractivity contribution in [2.45, 2.75) is 13.3 Å². The normalized spacial score (nSPS) is 10.6. The molecule has 0 aromatic carbocycles. The van der Waals surface area contributed by atoms with Crippen LogP contribution in [0.5, 0.6) is 0 Å². The summed E-state index contributed by atoms with van der Waals surface area (Å²) in [7, 11) is 0. The van der Waals surface area contributed by atoms with E-state index in [0.717, 1.165) is 6.20 Å². The van der Waals surface area contributed by atoms with Gasteiger partial charge in [-0.05, 0) is 28.4 Å². The highest BCUT2D eigenvalue weighted by Crippen LogP contribution is 2.27. The first-order chi connectivity index (χ1) is 6.45. The molecule has 1 heterocycles. The Kier molecular flexibility index (Phi) is 3.15. The lowest BCUT2D eigenvalue weighted by atomic mass is 10.1. The maximum absolute atomic E-state index is 12.4. The molecule has 1 aromatic heterocycles. The SMILES string of the molecule is Cc1c(Br)ncc(C(F)F)c1C(N)=O. The molecule has 0 bridgehead atoms. The Bertz CT molecular complexity index is 382. The van der Waals surface area contributed by atoms with Gasteiger partial charge < -0.3 is 5.73 Å². The van der Waals surface area contributed by atoms with Gasteiger partial charge in [0, 0.05) is 11.8 Å². The molecular formula is C8H7BrF2N2O. The van der Waals surface area contributed by atoms with E-state index in [1.54, 1.807) is 0 Å². The highest BCUT2D eigenvalue weighted by molar-refractivity contribution is 9.10. The van der Waals surface area contributed by atoms with Crippen molar-refractivity contribution >= 4 is 21.8 Å². The molecule has 0 spiro atoms. The number of hydrogen-bond donors (Lipinski definition) is 1. The fraction of sp³-hybridized carbons (Fsp3) is 0.250. The summed E-state index contributed by atoms with van der Waals surface area (Å²) < 4.78 is 25.2. The fourth-order valence-electron chi connectivity index (χ4n) is 1.10. The second kappa shape index (κ2) is 4.00. The monoisotopic (exact) mass is 264 g/mol. The molecule has 1 amide bonds. The molecular weight excluding hydrogens is 258 g/mol. The number of hydrogen-bond acceptors (Lipinski definition) is 2.